The molecule has 0 spiro atoms. The van der Waals surface area contributed by atoms with Gasteiger partial charge in [0, 0.05) is 18.1 Å². The van der Waals surface area contributed by atoms with Crippen molar-refractivity contribution in [1.29, 1.82) is 0 Å². The normalized spacial score (nSPS) is 10.6. The molecule has 0 fully saturated rings. The Morgan fingerprint density at radius 3 is 2.70 bits per heavy atom. The van der Waals surface area contributed by atoms with Crippen LogP contribution in [0, 0.1) is 6.92 Å². The highest BCUT2D eigenvalue weighted by Crippen LogP contribution is 2.27. The summed E-state index contributed by atoms with van der Waals surface area (Å²) < 4.78 is 7.55. The van der Waals surface area contributed by atoms with Crippen LogP contribution in [0.15, 0.2) is 73.3 Å². The lowest BCUT2D eigenvalue weighted by atomic mass is 10.1. The minimum absolute atomic E-state index is 0.214. The van der Waals surface area contributed by atoms with E-state index in [1.807, 2.05) is 62.4 Å². The topological polar surface area (TPSA) is 81.9 Å². The number of rotatable bonds is 6. The number of nitrogens with zero attached hydrogens (tertiary/aromatic N) is 4. The van der Waals surface area contributed by atoms with Gasteiger partial charge in [-0.25, -0.2) is 9.67 Å². The fourth-order valence-corrected chi connectivity index (χ4v) is 3.15. The Bertz CT molecular complexity index is 1160. The van der Waals surface area contributed by atoms with Gasteiger partial charge in [-0.3, -0.25) is 9.78 Å². The van der Waals surface area contributed by atoms with Gasteiger partial charge in [0.1, 0.15) is 11.5 Å². The van der Waals surface area contributed by atoms with Crippen molar-refractivity contribution in [3.8, 4) is 17.3 Å². The van der Waals surface area contributed by atoms with Gasteiger partial charge in [0.05, 0.1) is 23.7 Å². The standard InChI is InChI=1S/C23H21N5O2/c1-3-20-19(15-26-28(20)22-8-4-5-12-25-22)23(29)27-17-9-10-21(16(2)13-17)30-18-7-6-11-24-14-18/h4-15H,3H2,1-2H3,(H,27,29). The number of pyridine rings is 2. The summed E-state index contributed by atoms with van der Waals surface area (Å²) in [4.78, 5) is 21.3. The summed E-state index contributed by atoms with van der Waals surface area (Å²) in [5, 5.41) is 7.31. The first-order valence-electron chi connectivity index (χ1n) is 9.64. The Morgan fingerprint density at radius 2 is 2.00 bits per heavy atom. The third kappa shape index (κ3) is 4.05. The summed E-state index contributed by atoms with van der Waals surface area (Å²) in [6, 6.07) is 14.8. The molecule has 1 amide bonds. The number of aryl methyl sites for hydroxylation is 1. The summed E-state index contributed by atoms with van der Waals surface area (Å²) >= 11 is 0. The Morgan fingerprint density at radius 1 is 1.10 bits per heavy atom. The summed E-state index contributed by atoms with van der Waals surface area (Å²) in [6.45, 7) is 3.92. The second-order valence-electron chi connectivity index (χ2n) is 6.68. The van der Waals surface area contributed by atoms with Crippen LogP contribution >= 0.6 is 0 Å². The first-order chi connectivity index (χ1) is 14.7. The molecule has 0 bridgehead atoms. The van der Waals surface area contributed by atoms with Crippen LogP contribution in [0.3, 0.4) is 0 Å². The number of aromatic nitrogens is 4. The molecular weight excluding hydrogens is 378 g/mol. The van der Waals surface area contributed by atoms with Gasteiger partial charge in [0.25, 0.3) is 5.91 Å². The van der Waals surface area contributed by atoms with Gasteiger partial charge in [-0.2, -0.15) is 5.10 Å². The van der Waals surface area contributed by atoms with Gasteiger partial charge < -0.3 is 10.1 Å². The molecule has 0 radical (unpaired) electrons. The maximum Gasteiger partial charge on any atom is 0.259 e. The summed E-state index contributed by atoms with van der Waals surface area (Å²) in [5.41, 5.74) is 2.91. The lowest BCUT2D eigenvalue weighted by Crippen LogP contribution is -2.14. The van der Waals surface area contributed by atoms with E-state index in [0.29, 0.717) is 35.0 Å². The fraction of sp³-hybridized carbons (Fsp3) is 0.130. The molecule has 3 aromatic heterocycles. The largest absolute Gasteiger partial charge is 0.455 e. The lowest BCUT2D eigenvalue weighted by molar-refractivity contribution is 0.102. The molecule has 1 aromatic carbocycles. The monoisotopic (exact) mass is 399 g/mol. The quantitative estimate of drug-likeness (QED) is 0.513. The van der Waals surface area contributed by atoms with Crippen LogP contribution in [-0.4, -0.2) is 25.7 Å². The van der Waals surface area contributed by atoms with Crippen molar-refractivity contribution < 1.29 is 9.53 Å². The van der Waals surface area contributed by atoms with E-state index in [2.05, 4.69) is 20.4 Å². The van der Waals surface area contributed by atoms with E-state index in [4.69, 9.17) is 4.74 Å². The molecule has 7 nitrogen and oxygen atoms in total. The van der Waals surface area contributed by atoms with E-state index in [9.17, 15) is 4.79 Å². The molecule has 150 valence electrons. The molecule has 0 aliphatic rings. The Kier molecular flexibility index (Phi) is 5.52. The summed E-state index contributed by atoms with van der Waals surface area (Å²) in [5.74, 6) is 1.83. The molecule has 0 saturated carbocycles. The molecule has 0 aliphatic heterocycles. The van der Waals surface area contributed by atoms with Gasteiger partial charge in [-0.1, -0.05) is 13.0 Å². The highest BCUT2D eigenvalue weighted by molar-refractivity contribution is 6.05. The van der Waals surface area contributed by atoms with Crippen molar-refractivity contribution in [2.24, 2.45) is 0 Å². The number of anilines is 1. The number of hydrogen-bond donors (Lipinski definition) is 1. The average Bonchev–Trinajstić information content (AvgIpc) is 3.21. The van der Waals surface area contributed by atoms with E-state index < -0.39 is 0 Å². The van der Waals surface area contributed by atoms with Crippen molar-refractivity contribution in [3.05, 3.63) is 90.1 Å². The molecule has 4 aromatic rings. The van der Waals surface area contributed by atoms with Crippen molar-refractivity contribution in [3.63, 3.8) is 0 Å². The van der Waals surface area contributed by atoms with Crippen LogP contribution in [0.4, 0.5) is 5.69 Å². The highest BCUT2D eigenvalue weighted by Gasteiger charge is 2.18. The minimum Gasteiger partial charge on any atom is -0.455 e. The molecule has 7 heteroatoms. The molecule has 4 rings (SSSR count). The van der Waals surface area contributed by atoms with Gasteiger partial charge in [-0.05, 0) is 61.4 Å². The molecule has 3 heterocycles. The average molecular weight is 399 g/mol. The second-order valence-corrected chi connectivity index (χ2v) is 6.68. The number of nitrogens with one attached hydrogen (secondary N) is 1. The van der Waals surface area contributed by atoms with Crippen LogP contribution in [0.1, 0.15) is 28.5 Å². The fourth-order valence-electron chi connectivity index (χ4n) is 3.15. The lowest BCUT2D eigenvalue weighted by Gasteiger charge is -2.11. The van der Waals surface area contributed by atoms with Gasteiger partial charge in [0.15, 0.2) is 5.82 Å². The maximum atomic E-state index is 12.9. The Balaban J connectivity index is 1.53. The van der Waals surface area contributed by atoms with Crippen molar-refractivity contribution in [2.45, 2.75) is 20.3 Å². The number of benzene rings is 1. The molecule has 30 heavy (non-hydrogen) atoms. The highest BCUT2D eigenvalue weighted by atomic mass is 16.5. The van der Waals surface area contributed by atoms with Crippen LogP contribution in [-0.2, 0) is 6.42 Å². The van der Waals surface area contributed by atoms with Crippen molar-refractivity contribution in [2.75, 3.05) is 5.32 Å². The molecule has 0 unspecified atom stereocenters. The van der Waals surface area contributed by atoms with Crippen LogP contribution in [0.2, 0.25) is 0 Å². The van der Waals surface area contributed by atoms with E-state index in [1.54, 1.807) is 29.5 Å². The predicted octanol–water partition coefficient (Wildman–Crippen LogP) is 4.58. The van der Waals surface area contributed by atoms with E-state index >= 15 is 0 Å². The number of carbonyl (C=O) groups excluding carboxylic acids is 1. The first-order valence-corrected chi connectivity index (χ1v) is 9.64. The number of hydrogen-bond acceptors (Lipinski definition) is 5. The SMILES string of the molecule is CCc1c(C(=O)Nc2ccc(Oc3cccnc3)c(C)c2)cnn1-c1ccccn1. The van der Waals surface area contributed by atoms with E-state index in [1.165, 1.54) is 0 Å². The molecule has 0 aliphatic carbocycles. The third-order valence-electron chi connectivity index (χ3n) is 4.61. The van der Waals surface area contributed by atoms with Gasteiger partial charge >= 0.3 is 0 Å². The zero-order chi connectivity index (χ0) is 20.9. The smallest absolute Gasteiger partial charge is 0.259 e. The number of ether oxygens (including phenoxy) is 1. The minimum atomic E-state index is -0.214. The molecule has 1 N–H and O–H groups in total. The zero-order valence-electron chi connectivity index (χ0n) is 16.7. The number of amides is 1. The van der Waals surface area contributed by atoms with Gasteiger partial charge in [-0.15, -0.1) is 0 Å². The second kappa shape index (κ2) is 8.57. The summed E-state index contributed by atoms with van der Waals surface area (Å²) in [6.07, 6.45) is 7.28. The molecule has 0 atom stereocenters. The van der Waals surface area contributed by atoms with Crippen LogP contribution in [0.25, 0.3) is 5.82 Å². The summed E-state index contributed by atoms with van der Waals surface area (Å²) in [7, 11) is 0. The maximum absolute atomic E-state index is 12.9. The van der Waals surface area contributed by atoms with Gasteiger partial charge in [0.2, 0.25) is 0 Å². The first kappa shape index (κ1) is 19.3. The zero-order valence-corrected chi connectivity index (χ0v) is 16.7. The number of carbonyl (C=O) groups is 1. The van der Waals surface area contributed by atoms with Crippen molar-refractivity contribution in [1.82, 2.24) is 19.7 Å². The third-order valence-corrected chi connectivity index (χ3v) is 4.61. The Labute approximate surface area is 174 Å². The van der Waals surface area contributed by atoms with Crippen molar-refractivity contribution >= 4 is 11.6 Å². The molecule has 0 saturated heterocycles. The van der Waals surface area contributed by atoms with Crippen LogP contribution < -0.4 is 10.1 Å². The Hall–Kier alpha value is -4.00. The van der Waals surface area contributed by atoms with E-state index in [-0.39, 0.29) is 5.91 Å². The van der Waals surface area contributed by atoms with E-state index in [0.717, 1.165) is 11.3 Å². The van der Waals surface area contributed by atoms with Crippen LogP contribution in [0.5, 0.6) is 11.5 Å². The predicted molar refractivity (Wildman–Crippen MR) is 114 cm³/mol. The molecular formula is C23H21N5O2.